The van der Waals surface area contributed by atoms with E-state index in [9.17, 15) is 0 Å². The summed E-state index contributed by atoms with van der Waals surface area (Å²) in [7, 11) is 1.64. The SMILES string of the molecule is COc1ccc(Nc2nc3c(N)ncnc3s2)cc1. The number of thiazole rings is 1. The molecular formula is C12H11N5OS. The van der Waals surface area contributed by atoms with E-state index in [2.05, 4.69) is 20.3 Å². The predicted molar refractivity (Wildman–Crippen MR) is 75.9 cm³/mol. The average molecular weight is 273 g/mol. The second-order valence-corrected chi connectivity index (χ2v) is 4.76. The van der Waals surface area contributed by atoms with Gasteiger partial charge in [0.1, 0.15) is 17.6 Å². The van der Waals surface area contributed by atoms with Gasteiger partial charge in [0.25, 0.3) is 0 Å². The monoisotopic (exact) mass is 273 g/mol. The van der Waals surface area contributed by atoms with Gasteiger partial charge in [-0.15, -0.1) is 0 Å². The Hall–Kier alpha value is -2.41. The van der Waals surface area contributed by atoms with E-state index in [1.165, 1.54) is 17.7 Å². The number of nitrogens with zero attached hydrogens (tertiary/aromatic N) is 3. The maximum atomic E-state index is 5.75. The fourth-order valence-electron chi connectivity index (χ4n) is 1.62. The van der Waals surface area contributed by atoms with E-state index < -0.39 is 0 Å². The average Bonchev–Trinajstić information content (AvgIpc) is 2.84. The minimum atomic E-state index is 0.393. The van der Waals surface area contributed by atoms with Gasteiger partial charge in [-0.2, -0.15) is 0 Å². The van der Waals surface area contributed by atoms with Crippen LogP contribution < -0.4 is 15.8 Å². The number of aromatic nitrogens is 3. The molecule has 1 aromatic carbocycles. The van der Waals surface area contributed by atoms with Gasteiger partial charge in [0, 0.05) is 5.69 Å². The maximum absolute atomic E-state index is 5.75. The molecule has 3 N–H and O–H groups in total. The standard InChI is InChI=1S/C12H11N5OS/c1-18-8-4-2-7(3-5-8)16-12-17-9-10(13)14-6-15-11(9)19-12/h2-6H,1H3,(H,16,17)(H2,13,14,15). The van der Waals surface area contributed by atoms with E-state index in [-0.39, 0.29) is 0 Å². The highest BCUT2D eigenvalue weighted by Crippen LogP contribution is 2.29. The number of methoxy groups -OCH3 is 1. The van der Waals surface area contributed by atoms with E-state index in [4.69, 9.17) is 10.5 Å². The minimum Gasteiger partial charge on any atom is -0.497 e. The summed E-state index contributed by atoms with van der Waals surface area (Å²) < 4.78 is 5.11. The lowest BCUT2D eigenvalue weighted by atomic mass is 10.3. The first-order chi connectivity index (χ1) is 9.26. The lowest BCUT2D eigenvalue weighted by Crippen LogP contribution is -1.92. The molecule has 3 rings (SSSR count). The zero-order valence-corrected chi connectivity index (χ0v) is 10.9. The molecule has 2 aromatic heterocycles. The van der Waals surface area contributed by atoms with Crippen molar-refractivity contribution in [3.8, 4) is 5.75 Å². The van der Waals surface area contributed by atoms with Gasteiger partial charge < -0.3 is 15.8 Å². The third kappa shape index (κ3) is 2.27. The molecule has 0 spiro atoms. The zero-order chi connectivity index (χ0) is 13.2. The Balaban J connectivity index is 1.90. The van der Waals surface area contributed by atoms with Gasteiger partial charge in [0.2, 0.25) is 0 Å². The number of ether oxygens (including phenoxy) is 1. The van der Waals surface area contributed by atoms with Crippen LogP contribution in [0.1, 0.15) is 0 Å². The van der Waals surface area contributed by atoms with Crippen molar-refractivity contribution in [2.75, 3.05) is 18.2 Å². The van der Waals surface area contributed by atoms with Gasteiger partial charge in [-0.3, -0.25) is 0 Å². The summed E-state index contributed by atoms with van der Waals surface area (Å²) >= 11 is 1.43. The van der Waals surface area contributed by atoms with Crippen molar-refractivity contribution < 1.29 is 4.74 Å². The quantitative estimate of drug-likeness (QED) is 0.762. The Kier molecular flexibility index (Phi) is 2.88. The molecule has 0 aliphatic rings. The Bertz CT molecular complexity index is 710. The van der Waals surface area contributed by atoms with Gasteiger partial charge in [0.05, 0.1) is 7.11 Å². The fourth-order valence-corrected chi connectivity index (χ4v) is 2.46. The molecule has 0 radical (unpaired) electrons. The topological polar surface area (TPSA) is 86.0 Å². The highest BCUT2D eigenvalue weighted by molar-refractivity contribution is 7.21. The van der Waals surface area contributed by atoms with Crippen LogP contribution in [0.15, 0.2) is 30.6 Å². The first kappa shape index (κ1) is 11.7. The van der Waals surface area contributed by atoms with Crippen molar-refractivity contribution in [2.45, 2.75) is 0 Å². The van der Waals surface area contributed by atoms with Crippen molar-refractivity contribution in [1.82, 2.24) is 15.0 Å². The molecule has 0 saturated heterocycles. The largest absolute Gasteiger partial charge is 0.497 e. The number of benzene rings is 1. The van der Waals surface area contributed by atoms with Crippen LogP contribution in [-0.2, 0) is 0 Å². The number of rotatable bonds is 3. The Morgan fingerprint density at radius 2 is 2.00 bits per heavy atom. The number of nitrogens with two attached hydrogens (primary N) is 1. The highest BCUT2D eigenvalue weighted by atomic mass is 32.1. The molecule has 3 aromatic rings. The third-order valence-electron chi connectivity index (χ3n) is 2.56. The molecule has 0 aliphatic heterocycles. The van der Waals surface area contributed by atoms with Gasteiger partial charge in [-0.1, -0.05) is 11.3 Å². The number of nitrogen functional groups attached to an aromatic ring is 1. The highest BCUT2D eigenvalue weighted by Gasteiger charge is 2.08. The molecular weight excluding hydrogens is 262 g/mol. The summed E-state index contributed by atoms with van der Waals surface area (Å²) in [5.41, 5.74) is 7.30. The molecule has 96 valence electrons. The summed E-state index contributed by atoms with van der Waals surface area (Å²) in [5, 5.41) is 3.93. The van der Waals surface area contributed by atoms with Gasteiger partial charge >= 0.3 is 0 Å². The third-order valence-corrected chi connectivity index (χ3v) is 3.44. The van der Waals surface area contributed by atoms with Gasteiger partial charge in [-0.05, 0) is 24.3 Å². The van der Waals surface area contributed by atoms with E-state index >= 15 is 0 Å². The van der Waals surface area contributed by atoms with E-state index in [0.717, 1.165) is 21.4 Å². The first-order valence-corrected chi connectivity index (χ1v) is 6.36. The summed E-state index contributed by atoms with van der Waals surface area (Å²) in [6.45, 7) is 0. The molecule has 0 unspecified atom stereocenters. The second kappa shape index (κ2) is 4.69. The summed E-state index contributed by atoms with van der Waals surface area (Å²) in [5.74, 6) is 1.20. The summed E-state index contributed by atoms with van der Waals surface area (Å²) in [6.07, 6.45) is 1.44. The number of anilines is 3. The predicted octanol–water partition coefficient (Wildman–Crippen LogP) is 2.42. The maximum Gasteiger partial charge on any atom is 0.189 e. The van der Waals surface area contributed by atoms with Crippen LogP contribution in [0.25, 0.3) is 10.3 Å². The molecule has 0 bridgehead atoms. The number of hydrogen-bond donors (Lipinski definition) is 2. The molecule has 0 atom stereocenters. The number of nitrogens with one attached hydrogen (secondary N) is 1. The number of hydrogen-bond acceptors (Lipinski definition) is 7. The van der Waals surface area contributed by atoms with Gasteiger partial charge in [0.15, 0.2) is 15.8 Å². The molecule has 0 saturated carbocycles. The first-order valence-electron chi connectivity index (χ1n) is 5.54. The van der Waals surface area contributed by atoms with Crippen LogP contribution in [0.4, 0.5) is 16.6 Å². The van der Waals surface area contributed by atoms with Crippen LogP contribution in [-0.4, -0.2) is 22.1 Å². The normalized spacial score (nSPS) is 10.6. The van der Waals surface area contributed by atoms with E-state index in [0.29, 0.717) is 11.3 Å². The molecule has 0 aliphatic carbocycles. The Labute approximate surface area is 113 Å². The lowest BCUT2D eigenvalue weighted by Gasteiger charge is -2.03. The van der Waals surface area contributed by atoms with Crippen molar-refractivity contribution in [3.63, 3.8) is 0 Å². The molecule has 6 nitrogen and oxygen atoms in total. The summed E-state index contributed by atoms with van der Waals surface area (Å²) in [4.78, 5) is 13.2. The van der Waals surface area contributed by atoms with Crippen molar-refractivity contribution >= 4 is 38.3 Å². The fraction of sp³-hybridized carbons (Fsp3) is 0.0833. The zero-order valence-electron chi connectivity index (χ0n) is 10.1. The van der Waals surface area contributed by atoms with Crippen LogP contribution in [0.2, 0.25) is 0 Å². The lowest BCUT2D eigenvalue weighted by molar-refractivity contribution is 0.415. The summed E-state index contributed by atoms with van der Waals surface area (Å²) in [6, 6.07) is 7.59. The van der Waals surface area contributed by atoms with Crippen LogP contribution in [0, 0.1) is 0 Å². The van der Waals surface area contributed by atoms with E-state index in [1.807, 2.05) is 24.3 Å². The molecule has 19 heavy (non-hydrogen) atoms. The second-order valence-electron chi connectivity index (χ2n) is 3.79. The van der Waals surface area contributed by atoms with Crippen LogP contribution in [0.5, 0.6) is 5.75 Å². The number of fused-ring (bicyclic) bond motifs is 1. The molecule has 7 heteroatoms. The van der Waals surface area contributed by atoms with Crippen molar-refractivity contribution in [2.24, 2.45) is 0 Å². The van der Waals surface area contributed by atoms with Crippen LogP contribution in [0.3, 0.4) is 0 Å². The Morgan fingerprint density at radius 1 is 1.21 bits per heavy atom. The van der Waals surface area contributed by atoms with Crippen LogP contribution >= 0.6 is 11.3 Å². The molecule has 0 fully saturated rings. The van der Waals surface area contributed by atoms with E-state index in [1.54, 1.807) is 7.11 Å². The molecule has 2 heterocycles. The minimum absolute atomic E-state index is 0.393. The van der Waals surface area contributed by atoms with Crippen molar-refractivity contribution in [1.29, 1.82) is 0 Å². The van der Waals surface area contributed by atoms with Gasteiger partial charge in [-0.25, -0.2) is 15.0 Å². The Morgan fingerprint density at radius 3 is 2.68 bits per heavy atom. The van der Waals surface area contributed by atoms with Crippen molar-refractivity contribution in [3.05, 3.63) is 30.6 Å². The molecule has 0 amide bonds. The smallest absolute Gasteiger partial charge is 0.189 e.